The van der Waals surface area contributed by atoms with Crippen LogP contribution in [0.5, 0.6) is 0 Å². The van der Waals surface area contributed by atoms with E-state index in [1.54, 1.807) is 12.3 Å². The van der Waals surface area contributed by atoms with Gasteiger partial charge in [-0.3, -0.25) is 4.98 Å². The molecule has 2 rings (SSSR count). The van der Waals surface area contributed by atoms with Crippen molar-refractivity contribution in [1.82, 2.24) is 4.98 Å². The van der Waals surface area contributed by atoms with Crippen LogP contribution >= 0.6 is 11.6 Å². The number of hydrogen-bond acceptors (Lipinski definition) is 1. The van der Waals surface area contributed by atoms with Gasteiger partial charge in [-0.1, -0.05) is 41.9 Å². The number of aromatic nitrogens is 1. The third-order valence-electron chi connectivity index (χ3n) is 2.01. The minimum Gasteiger partial charge on any atom is -0.261 e. The van der Waals surface area contributed by atoms with E-state index in [0.29, 0.717) is 0 Å². The van der Waals surface area contributed by atoms with Gasteiger partial charge in [0, 0.05) is 23.3 Å². The fourth-order valence-electron chi connectivity index (χ4n) is 1.35. The maximum atomic E-state index is 5.87. The van der Waals surface area contributed by atoms with Gasteiger partial charge in [0.2, 0.25) is 0 Å². The van der Waals surface area contributed by atoms with Gasteiger partial charge in [0.25, 0.3) is 0 Å². The number of halogens is 1. The highest BCUT2D eigenvalue weighted by Gasteiger charge is 1.97. The van der Waals surface area contributed by atoms with Crippen molar-refractivity contribution in [3.8, 4) is 0 Å². The second kappa shape index (κ2) is 4.25. The van der Waals surface area contributed by atoms with Crippen molar-refractivity contribution in [2.75, 3.05) is 0 Å². The minimum absolute atomic E-state index is 0.742. The zero-order chi connectivity index (χ0) is 9.80. The van der Waals surface area contributed by atoms with Crippen molar-refractivity contribution >= 4 is 11.6 Å². The molecule has 0 aliphatic rings. The van der Waals surface area contributed by atoms with Gasteiger partial charge in [-0.05, 0) is 17.7 Å². The van der Waals surface area contributed by atoms with Crippen molar-refractivity contribution in [1.29, 1.82) is 0 Å². The molecule has 0 amide bonds. The van der Waals surface area contributed by atoms with E-state index in [1.165, 1.54) is 5.56 Å². The first-order chi connectivity index (χ1) is 6.84. The lowest BCUT2D eigenvalue weighted by molar-refractivity contribution is 1.07. The highest BCUT2D eigenvalue weighted by Crippen LogP contribution is 2.11. The van der Waals surface area contributed by atoms with E-state index in [0.717, 1.165) is 17.1 Å². The first-order valence-electron chi connectivity index (χ1n) is 4.49. The van der Waals surface area contributed by atoms with Crippen molar-refractivity contribution in [3.05, 3.63) is 64.9 Å². The topological polar surface area (TPSA) is 12.9 Å². The number of hydrogen-bond donors (Lipinski definition) is 0. The van der Waals surface area contributed by atoms with Crippen LogP contribution < -0.4 is 0 Å². The van der Waals surface area contributed by atoms with Crippen LogP contribution in [0.1, 0.15) is 11.3 Å². The maximum Gasteiger partial charge on any atom is 0.0462 e. The van der Waals surface area contributed by atoms with E-state index in [4.69, 9.17) is 11.6 Å². The molecule has 0 spiro atoms. The Bertz CT molecular complexity index is 412. The molecule has 0 aliphatic carbocycles. The Morgan fingerprint density at radius 3 is 2.57 bits per heavy atom. The summed E-state index contributed by atoms with van der Waals surface area (Å²) in [6.07, 6.45) is 2.57. The van der Waals surface area contributed by atoms with Crippen LogP contribution in [0.25, 0.3) is 0 Å². The monoisotopic (exact) mass is 203 g/mol. The molecule has 0 atom stereocenters. The molecule has 0 fully saturated rings. The number of benzene rings is 1. The van der Waals surface area contributed by atoms with Gasteiger partial charge in [0.05, 0.1) is 0 Å². The van der Waals surface area contributed by atoms with Crippen LogP contribution in [-0.2, 0) is 6.42 Å². The van der Waals surface area contributed by atoms with E-state index >= 15 is 0 Å². The summed E-state index contributed by atoms with van der Waals surface area (Å²) < 4.78 is 0. The standard InChI is InChI=1S/C12H10ClN/c13-11-6-7-14-12(9-11)8-10-4-2-1-3-5-10/h1-7,9H,8H2. The predicted molar refractivity (Wildman–Crippen MR) is 58.5 cm³/mol. The highest BCUT2D eigenvalue weighted by atomic mass is 35.5. The molecule has 0 saturated heterocycles. The fourth-order valence-corrected chi connectivity index (χ4v) is 1.53. The van der Waals surface area contributed by atoms with Crippen LogP contribution in [0.15, 0.2) is 48.7 Å². The van der Waals surface area contributed by atoms with Gasteiger partial charge in [0.1, 0.15) is 0 Å². The Kier molecular flexibility index (Phi) is 2.80. The van der Waals surface area contributed by atoms with Gasteiger partial charge < -0.3 is 0 Å². The van der Waals surface area contributed by atoms with E-state index in [2.05, 4.69) is 17.1 Å². The molecule has 0 bridgehead atoms. The van der Waals surface area contributed by atoms with Crippen molar-refractivity contribution < 1.29 is 0 Å². The first kappa shape index (κ1) is 9.22. The van der Waals surface area contributed by atoms with Gasteiger partial charge in [-0.25, -0.2) is 0 Å². The zero-order valence-electron chi connectivity index (χ0n) is 7.65. The lowest BCUT2D eigenvalue weighted by Crippen LogP contribution is -1.90. The van der Waals surface area contributed by atoms with E-state index in [-0.39, 0.29) is 0 Å². The van der Waals surface area contributed by atoms with E-state index in [1.807, 2.05) is 24.3 Å². The summed E-state index contributed by atoms with van der Waals surface area (Å²) in [6, 6.07) is 13.9. The maximum absolute atomic E-state index is 5.87. The van der Waals surface area contributed by atoms with Crippen molar-refractivity contribution in [2.45, 2.75) is 6.42 Å². The van der Waals surface area contributed by atoms with Gasteiger partial charge in [-0.15, -0.1) is 0 Å². The molecule has 1 nitrogen and oxygen atoms in total. The van der Waals surface area contributed by atoms with Crippen molar-refractivity contribution in [3.63, 3.8) is 0 Å². The van der Waals surface area contributed by atoms with Crippen molar-refractivity contribution in [2.24, 2.45) is 0 Å². The SMILES string of the molecule is Clc1ccnc(Cc2ccccc2)c1. The van der Waals surface area contributed by atoms with E-state index < -0.39 is 0 Å². The van der Waals surface area contributed by atoms with Crippen LogP contribution in [0.4, 0.5) is 0 Å². The molecule has 70 valence electrons. The lowest BCUT2D eigenvalue weighted by Gasteiger charge is -2.00. The summed E-state index contributed by atoms with van der Waals surface area (Å²) in [5.41, 5.74) is 2.26. The second-order valence-electron chi connectivity index (χ2n) is 3.13. The smallest absolute Gasteiger partial charge is 0.0462 e. The predicted octanol–water partition coefficient (Wildman–Crippen LogP) is 3.33. The number of pyridine rings is 1. The number of nitrogens with zero attached hydrogens (tertiary/aromatic N) is 1. The average molecular weight is 204 g/mol. The zero-order valence-corrected chi connectivity index (χ0v) is 8.41. The molecule has 1 aromatic carbocycles. The fraction of sp³-hybridized carbons (Fsp3) is 0.0833. The summed E-state index contributed by atoms with van der Waals surface area (Å²) in [6.45, 7) is 0. The van der Waals surface area contributed by atoms with Crippen LogP contribution in [0.3, 0.4) is 0 Å². The molecule has 0 radical (unpaired) electrons. The molecule has 2 aromatic rings. The van der Waals surface area contributed by atoms with Crippen LogP contribution in [0.2, 0.25) is 5.02 Å². The van der Waals surface area contributed by atoms with Crippen LogP contribution in [-0.4, -0.2) is 4.98 Å². The number of rotatable bonds is 2. The Morgan fingerprint density at radius 2 is 1.86 bits per heavy atom. The summed E-state index contributed by atoms with van der Waals surface area (Å²) in [7, 11) is 0. The molecule has 14 heavy (non-hydrogen) atoms. The molecule has 0 saturated carbocycles. The first-order valence-corrected chi connectivity index (χ1v) is 4.87. The summed E-state index contributed by atoms with van der Waals surface area (Å²) in [5.74, 6) is 0. The molecule has 0 unspecified atom stereocenters. The molecule has 0 N–H and O–H groups in total. The molecular weight excluding hydrogens is 194 g/mol. The van der Waals surface area contributed by atoms with Crippen LogP contribution in [0, 0.1) is 0 Å². The third kappa shape index (κ3) is 2.33. The Balaban J connectivity index is 2.19. The normalized spacial score (nSPS) is 10.1. The van der Waals surface area contributed by atoms with Gasteiger partial charge in [-0.2, -0.15) is 0 Å². The summed E-state index contributed by atoms with van der Waals surface area (Å²) in [4.78, 5) is 4.25. The Labute approximate surface area is 88.4 Å². The summed E-state index contributed by atoms with van der Waals surface area (Å²) in [5, 5.41) is 0.742. The minimum atomic E-state index is 0.742. The molecule has 0 aliphatic heterocycles. The summed E-state index contributed by atoms with van der Waals surface area (Å²) >= 11 is 5.87. The molecule has 1 aromatic heterocycles. The largest absolute Gasteiger partial charge is 0.261 e. The third-order valence-corrected chi connectivity index (χ3v) is 2.24. The molecular formula is C12H10ClN. The Hall–Kier alpha value is -1.34. The highest BCUT2D eigenvalue weighted by molar-refractivity contribution is 6.30. The lowest BCUT2D eigenvalue weighted by atomic mass is 10.1. The van der Waals surface area contributed by atoms with Gasteiger partial charge in [0.15, 0.2) is 0 Å². The molecule has 2 heteroatoms. The van der Waals surface area contributed by atoms with E-state index in [9.17, 15) is 0 Å². The average Bonchev–Trinajstić information content (AvgIpc) is 2.19. The second-order valence-corrected chi connectivity index (χ2v) is 3.56. The quantitative estimate of drug-likeness (QED) is 0.730. The Morgan fingerprint density at radius 1 is 1.07 bits per heavy atom. The van der Waals surface area contributed by atoms with Gasteiger partial charge >= 0.3 is 0 Å². The molecule has 1 heterocycles.